The number of piperazine rings is 1. The first-order valence-electron chi connectivity index (χ1n) is 6.59. The summed E-state index contributed by atoms with van der Waals surface area (Å²) in [7, 11) is 0. The summed E-state index contributed by atoms with van der Waals surface area (Å²) >= 11 is 0. The molecular formula is C12H19N5O3. The summed E-state index contributed by atoms with van der Waals surface area (Å²) in [5.74, 6) is -0.831. The fraction of sp³-hybridized carbons (Fsp3) is 0.583. The molecule has 1 aliphatic heterocycles. The highest BCUT2D eigenvalue weighted by Gasteiger charge is 2.21. The van der Waals surface area contributed by atoms with Gasteiger partial charge in [-0.15, -0.1) is 0 Å². The van der Waals surface area contributed by atoms with E-state index in [0.29, 0.717) is 39.3 Å². The number of carboxylic acids is 1. The van der Waals surface area contributed by atoms with Gasteiger partial charge in [0.2, 0.25) is 0 Å². The van der Waals surface area contributed by atoms with Gasteiger partial charge >= 0.3 is 12.0 Å². The Kier molecular flexibility index (Phi) is 4.94. The van der Waals surface area contributed by atoms with Gasteiger partial charge in [-0.3, -0.25) is 14.4 Å². The van der Waals surface area contributed by atoms with Crippen LogP contribution >= 0.6 is 0 Å². The van der Waals surface area contributed by atoms with Crippen LogP contribution in [0.15, 0.2) is 18.5 Å². The van der Waals surface area contributed by atoms with Gasteiger partial charge in [-0.05, 0) is 6.07 Å². The van der Waals surface area contributed by atoms with E-state index in [-0.39, 0.29) is 12.6 Å². The van der Waals surface area contributed by atoms with Crippen molar-refractivity contribution in [1.82, 2.24) is 24.9 Å². The molecule has 8 heteroatoms. The predicted molar refractivity (Wildman–Crippen MR) is 71.3 cm³/mol. The largest absolute Gasteiger partial charge is 0.480 e. The average molecular weight is 281 g/mol. The molecule has 20 heavy (non-hydrogen) atoms. The number of carboxylic acid groups (broad SMARTS) is 1. The molecule has 0 atom stereocenters. The van der Waals surface area contributed by atoms with Crippen molar-refractivity contribution >= 4 is 12.0 Å². The van der Waals surface area contributed by atoms with Gasteiger partial charge in [-0.1, -0.05) is 0 Å². The predicted octanol–water partition coefficient (Wildman–Crippen LogP) is -0.705. The summed E-state index contributed by atoms with van der Waals surface area (Å²) in [6, 6.07) is 1.73. The van der Waals surface area contributed by atoms with Crippen molar-refractivity contribution in [3.8, 4) is 0 Å². The van der Waals surface area contributed by atoms with E-state index >= 15 is 0 Å². The highest BCUT2D eigenvalue weighted by molar-refractivity contribution is 5.74. The van der Waals surface area contributed by atoms with E-state index in [4.69, 9.17) is 5.11 Å². The third-order valence-corrected chi connectivity index (χ3v) is 3.19. The zero-order chi connectivity index (χ0) is 14.4. The van der Waals surface area contributed by atoms with E-state index in [0.717, 1.165) is 0 Å². The summed E-state index contributed by atoms with van der Waals surface area (Å²) < 4.78 is 1.76. The first-order valence-corrected chi connectivity index (χ1v) is 6.59. The van der Waals surface area contributed by atoms with E-state index in [1.165, 1.54) is 0 Å². The minimum absolute atomic E-state index is 0.0365. The van der Waals surface area contributed by atoms with Gasteiger partial charge in [0.1, 0.15) is 0 Å². The fourth-order valence-electron chi connectivity index (χ4n) is 2.12. The van der Waals surface area contributed by atoms with Gasteiger partial charge < -0.3 is 15.3 Å². The number of carbonyl (C=O) groups excluding carboxylic acids is 1. The number of hydrogen-bond acceptors (Lipinski definition) is 4. The Morgan fingerprint density at radius 3 is 2.60 bits per heavy atom. The lowest BCUT2D eigenvalue weighted by atomic mass is 10.3. The molecule has 110 valence electrons. The Labute approximate surface area is 117 Å². The van der Waals surface area contributed by atoms with Crippen LogP contribution in [-0.4, -0.2) is 76.0 Å². The van der Waals surface area contributed by atoms with Crippen molar-refractivity contribution in [1.29, 1.82) is 0 Å². The molecule has 0 aromatic carbocycles. The molecule has 1 aromatic rings. The number of aliphatic carboxylic acids is 1. The van der Waals surface area contributed by atoms with E-state index in [2.05, 4.69) is 10.4 Å². The summed E-state index contributed by atoms with van der Waals surface area (Å²) in [4.78, 5) is 26.0. The van der Waals surface area contributed by atoms with Gasteiger partial charge in [0.05, 0.1) is 13.1 Å². The number of aromatic nitrogens is 2. The lowest BCUT2D eigenvalue weighted by molar-refractivity contribution is -0.138. The molecule has 0 spiro atoms. The maximum Gasteiger partial charge on any atom is 0.317 e. The van der Waals surface area contributed by atoms with Crippen molar-refractivity contribution in [2.75, 3.05) is 39.3 Å². The summed E-state index contributed by atoms with van der Waals surface area (Å²) in [6.07, 6.45) is 3.54. The van der Waals surface area contributed by atoms with Crippen LogP contribution < -0.4 is 5.32 Å². The molecule has 2 N–H and O–H groups in total. The molecule has 2 heterocycles. The second-order valence-electron chi connectivity index (χ2n) is 4.66. The summed E-state index contributed by atoms with van der Waals surface area (Å²) in [5.41, 5.74) is 0. The zero-order valence-electron chi connectivity index (χ0n) is 11.2. The first kappa shape index (κ1) is 14.3. The molecule has 0 aliphatic carbocycles. The second-order valence-corrected chi connectivity index (χ2v) is 4.66. The fourth-order valence-corrected chi connectivity index (χ4v) is 2.12. The van der Waals surface area contributed by atoms with Crippen LogP contribution in [0.5, 0.6) is 0 Å². The first-order chi connectivity index (χ1) is 9.65. The number of urea groups is 1. The Balaban J connectivity index is 1.65. The number of hydrogen-bond donors (Lipinski definition) is 2. The van der Waals surface area contributed by atoms with Crippen LogP contribution in [0.3, 0.4) is 0 Å². The Morgan fingerprint density at radius 1 is 1.25 bits per heavy atom. The Morgan fingerprint density at radius 2 is 2.00 bits per heavy atom. The van der Waals surface area contributed by atoms with Crippen LogP contribution in [0.2, 0.25) is 0 Å². The van der Waals surface area contributed by atoms with E-state index in [1.807, 2.05) is 17.2 Å². The summed E-state index contributed by atoms with van der Waals surface area (Å²) in [5, 5.41) is 15.6. The quantitative estimate of drug-likeness (QED) is 0.744. The third kappa shape index (κ3) is 4.23. The number of amides is 2. The maximum atomic E-state index is 11.9. The normalized spacial score (nSPS) is 16.1. The molecule has 1 aliphatic rings. The van der Waals surface area contributed by atoms with Crippen molar-refractivity contribution < 1.29 is 14.7 Å². The molecule has 2 amide bonds. The van der Waals surface area contributed by atoms with Crippen molar-refractivity contribution in [2.24, 2.45) is 0 Å². The standard InChI is InChI=1S/C12H19N5O3/c18-11(19)10-15-6-8-16(9-7-15)12(20)13-3-5-17-4-1-2-14-17/h1-2,4H,3,5-10H2,(H,13,20)(H,18,19). The highest BCUT2D eigenvalue weighted by Crippen LogP contribution is 2.01. The number of rotatable bonds is 5. The SMILES string of the molecule is O=C(O)CN1CCN(C(=O)NCCn2cccn2)CC1. The Hall–Kier alpha value is -2.09. The van der Waals surface area contributed by atoms with Gasteiger partial charge in [-0.25, -0.2) is 4.79 Å². The maximum absolute atomic E-state index is 11.9. The summed E-state index contributed by atoms with van der Waals surface area (Å²) in [6.45, 7) is 3.50. The number of nitrogens with zero attached hydrogens (tertiary/aromatic N) is 4. The van der Waals surface area contributed by atoms with Crippen molar-refractivity contribution in [2.45, 2.75) is 6.54 Å². The minimum Gasteiger partial charge on any atom is -0.480 e. The van der Waals surface area contributed by atoms with Crippen LogP contribution in [0.1, 0.15) is 0 Å². The molecule has 0 saturated carbocycles. The molecule has 8 nitrogen and oxygen atoms in total. The van der Waals surface area contributed by atoms with Crippen molar-refractivity contribution in [3.05, 3.63) is 18.5 Å². The molecule has 0 unspecified atom stereocenters. The molecule has 0 radical (unpaired) electrons. The average Bonchev–Trinajstić information content (AvgIpc) is 2.92. The minimum atomic E-state index is -0.831. The smallest absolute Gasteiger partial charge is 0.317 e. The lowest BCUT2D eigenvalue weighted by Gasteiger charge is -2.33. The van der Waals surface area contributed by atoms with Crippen molar-refractivity contribution in [3.63, 3.8) is 0 Å². The van der Waals surface area contributed by atoms with Gasteiger partial charge in [0.15, 0.2) is 0 Å². The Bertz CT molecular complexity index is 440. The van der Waals surface area contributed by atoms with Crippen LogP contribution in [0.4, 0.5) is 4.79 Å². The number of carbonyl (C=O) groups is 2. The third-order valence-electron chi connectivity index (χ3n) is 3.19. The van der Waals surface area contributed by atoms with Crippen LogP contribution in [0, 0.1) is 0 Å². The molecule has 1 aromatic heterocycles. The number of nitrogens with one attached hydrogen (secondary N) is 1. The molecule has 0 bridgehead atoms. The topological polar surface area (TPSA) is 90.7 Å². The van der Waals surface area contributed by atoms with E-state index < -0.39 is 5.97 Å². The molecule has 2 rings (SSSR count). The van der Waals surface area contributed by atoms with Crippen LogP contribution in [0.25, 0.3) is 0 Å². The monoisotopic (exact) mass is 281 g/mol. The lowest BCUT2D eigenvalue weighted by Crippen LogP contribution is -2.52. The molecular weight excluding hydrogens is 262 g/mol. The second kappa shape index (κ2) is 6.90. The van der Waals surface area contributed by atoms with Gasteiger partial charge in [-0.2, -0.15) is 5.10 Å². The zero-order valence-corrected chi connectivity index (χ0v) is 11.2. The molecule has 1 fully saturated rings. The van der Waals surface area contributed by atoms with E-state index in [1.54, 1.807) is 15.8 Å². The van der Waals surface area contributed by atoms with Gasteiger partial charge in [0.25, 0.3) is 0 Å². The molecule has 1 saturated heterocycles. The van der Waals surface area contributed by atoms with Crippen LogP contribution in [-0.2, 0) is 11.3 Å². The van der Waals surface area contributed by atoms with Gasteiger partial charge in [0, 0.05) is 45.1 Å². The highest BCUT2D eigenvalue weighted by atomic mass is 16.4. The van der Waals surface area contributed by atoms with E-state index in [9.17, 15) is 9.59 Å².